The lowest BCUT2D eigenvalue weighted by molar-refractivity contribution is -0.136. The fraction of sp³-hybridized carbons (Fsp3) is 0.250. The molecular weight excluding hydrogens is 325 g/mol. The third-order valence-corrected chi connectivity index (χ3v) is 5.06. The summed E-state index contributed by atoms with van der Waals surface area (Å²) in [5, 5.41) is -0.283. The number of hydrogen-bond acceptors (Lipinski definition) is 3. The van der Waals surface area contributed by atoms with E-state index in [0.29, 0.717) is 10.4 Å². The standard InChI is InChI=1S/C16H13F3N2OS/c1-15(2,12-8-3-4-9-20-12)21-14(22)13-10(16(17,18)19)6-5-7-11(13)23-21/h3-9H,1-2H3. The monoisotopic (exact) mass is 338 g/mol. The number of benzene rings is 1. The lowest BCUT2D eigenvalue weighted by atomic mass is 10.0. The molecule has 0 atom stereocenters. The van der Waals surface area contributed by atoms with E-state index in [1.54, 1.807) is 38.2 Å². The lowest BCUT2D eigenvalue weighted by Gasteiger charge is -2.24. The Bertz CT molecular complexity index is 910. The molecule has 0 fully saturated rings. The average molecular weight is 338 g/mol. The first-order chi connectivity index (χ1) is 10.7. The van der Waals surface area contributed by atoms with Crippen molar-refractivity contribution in [3.8, 4) is 0 Å². The minimum Gasteiger partial charge on any atom is -0.268 e. The molecule has 2 heterocycles. The molecule has 0 spiro atoms. The van der Waals surface area contributed by atoms with Crippen LogP contribution in [0.5, 0.6) is 0 Å². The van der Waals surface area contributed by atoms with Crippen molar-refractivity contribution >= 4 is 21.6 Å². The highest BCUT2D eigenvalue weighted by Crippen LogP contribution is 2.36. The van der Waals surface area contributed by atoms with Crippen LogP contribution in [0.15, 0.2) is 47.4 Å². The average Bonchev–Trinajstić information content (AvgIpc) is 2.85. The molecule has 0 aliphatic rings. The summed E-state index contributed by atoms with van der Waals surface area (Å²) in [6.07, 6.45) is -2.97. The van der Waals surface area contributed by atoms with Gasteiger partial charge in [0.05, 0.1) is 26.9 Å². The van der Waals surface area contributed by atoms with E-state index in [1.807, 2.05) is 0 Å². The number of pyridine rings is 1. The van der Waals surface area contributed by atoms with E-state index in [-0.39, 0.29) is 5.39 Å². The van der Waals surface area contributed by atoms with Crippen LogP contribution >= 0.6 is 11.5 Å². The van der Waals surface area contributed by atoms with Crippen LogP contribution in [0.25, 0.3) is 10.1 Å². The van der Waals surface area contributed by atoms with Gasteiger partial charge in [-0.05, 0) is 38.1 Å². The third-order valence-electron chi connectivity index (χ3n) is 3.72. The van der Waals surface area contributed by atoms with Crippen LogP contribution in [-0.2, 0) is 11.7 Å². The van der Waals surface area contributed by atoms with Crippen LogP contribution in [-0.4, -0.2) is 8.94 Å². The second kappa shape index (κ2) is 5.19. The molecule has 3 rings (SSSR count). The Morgan fingerprint density at radius 3 is 2.43 bits per heavy atom. The van der Waals surface area contributed by atoms with Gasteiger partial charge in [0.25, 0.3) is 5.56 Å². The van der Waals surface area contributed by atoms with E-state index >= 15 is 0 Å². The van der Waals surface area contributed by atoms with Gasteiger partial charge in [0.1, 0.15) is 0 Å². The molecule has 0 radical (unpaired) electrons. The number of nitrogens with zero attached hydrogens (tertiary/aromatic N) is 2. The van der Waals surface area contributed by atoms with Crippen molar-refractivity contribution in [2.75, 3.05) is 0 Å². The van der Waals surface area contributed by atoms with Crippen molar-refractivity contribution in [1.82, 2.24) is 8.94 Å². The molecular formula is C16H13F3N2OS. The molecule has 0 saturated heterocycles. The Labute approximate surface area is 134 Å². The third kappa shape index (κ3) is 2.55. The van der Waals surface area contributed by atoms with E-state index in [0.717, 1.165) is 17.6 Å². The van der Waals surface area contributed by atoms with E-state index in [4.69, 9.17) is 0 Å². The molecule has 0 bridgehead atoms. The van der Waals surface area contributed by atoms with Gasteiger partial charge >= 0.3 is 6.18 Å². The van der Waals surface area contributed by atoms with Crippen LogP contribution in [0.1, 0.15) is 25.1 Å². The first-order valence-electron chi connectivity index (χ1n) is 6.87. The minimum atomic E-state index is -4.56. The highest BCUT2D eigenvalue weighted by atomic mass is 32.1. The molecule has 0 amide bonds. The van der Waals surface area contributed by atoms with Gasteiger partial charge in [0, 0.05) is 6.20 Å². The number of fused-ring (bicyclic) bond motifs is 1. The second-order valence-corrected chi connectivity index (χ2v) is 6.63. The summed E-state index contributed by atoms with van der Waals surface area (Å²) in [4.78, 5) is 16.9. The summed E-state index contributed by atoms with van der Waals surface area (Å²) in [7, 11) is 0. The molecule has 0 N–H and O–H groups in total. The zero-order valence-electron chi connectivity index (χ0n) is 12.4. The van der Waals surface area contributed by atoms with Crippen molar-refractivity contribution in [3.05, 3.63) is 64.2 Å². The lowest BCUT2D eigenvalue weighted by Crippen LogP contribution is -2.34. The summed E-state index contributed by atoms with van der Waals surface area (Å²) >= 11 is 1.02. The summed E-state index contributed by atoms with van der Waals surface area (Å²) in [5.41, 5.74) is -1.77. The second-order valence-electron chi connectivity index (χ2n) is 5.64. The Balaban J connectivity index is 2.29. The molecule has 3 nitrogen and oxygen atoms in total. The maximum absolute atomic E-state index is 13.2. The van der Waals surface area contributed by atoms with Crippen LogP contribution in [0.4, 0.5) is 13.2 Å². The van der Waals surface area contributed by atoms with Crippen LogP contribution in [0.3, 0.4) is 0 Å². The Hall–Kier alpha value is -2.15. The van der Waals surface area contributed by atoms with Crippen molar-refractivity contribution < 1.29 is 13.2 Å². The Morgan fingerprint density at radius 2 is 1.83 bits per heavy atom. The maximum Gasteiger partial charge on any atom is 0.417 e. The summed E-state index contributed by atoms with van der Waals surface area (Å²) in [6.45, 7) is 3.53. The fourth-order valence-electron chi connectivity index (χ4n) is 2.50. The fourth-order valence-corrected chi connectivity index (χ4v) is 3.62. The topological polar surface area (TPSA) is 34.9 Å². The van der Waals surface area contributed by atoms with Gasteiger partial charge in [-0.15, -0.1) is 0 Å². The molecule has 0 aliphatic heterocycles. The van der Waals surface area contributed by atoms with E-state index in [1.165, 1.54) is 16.1 Å². The van der Waals surface area contributed by atoms with Gasteiger partial charge in [-0.25, -0.2) is 0 Å². The molecule has 1 aromatic carbocycles. The van der Waals surface area contributed by atoms with Crippen LogP contribution in [0.2, 0.25) is 0 Å². The molecule has 0 saturated carbocycles. The van der Waals surface area contributed by atoms with Crippen molar-refractivity contribution in [2.45, 2.75) is 25.6 Å². The highest BCUT2D eigenvalue weighted by Gasteiger charge is 2.36. The van der Waals surface area contributed by atoms with Crippen LogP contribution < -0.4 is 5.56 Å². The van der Waals surface area contributed by atoms with Gasteiger partial charge in [-0.2, -0.15) is 13.2 Å². The number of rotatable bonds is 2. The quantitative estimate of drug-likeness (QED) is 0.700. The van der Waals surface area contributed by atoms with E-state index in [2.05, 4.69) is 4.98 Å². The van der Waals surface area contributed by atoms with Gasteiger partial charge in [0.2, 0.25) is 0 Å². The number of halogens is 3. The number of hydrogen-bond donors (Lipinski definition) is 0. The zero-order chi connectivity index (χ0) is 16.8. The first-order valence-corrected chi connectivity index (χ1v) is 7.64. The SMILES string of the molecule is CC(C)(c1ccccn1)n1sc2cccc(C(F)(F)F)c2c1=O. The van der Waals surface area contributed by atoms with Crippen molar-refractivity contribution in [3.63, 3.8) is 0 Å². The minimum absolute atomic E-state index is 0.283. The van der Waals surface area contributed by atoms with Gasteiger partial charge in [-0.1, -0.05) is 23.7 Å². The van der Waals surface area contributed by atoms with Crippen molar-refractivity contribution in [2.24, 2.45) is 0 Å². The largest absolute Gasteiger partial charge is 0.417 e. The summed E-state index contributed by atoms with van der Waals surface area (Å²) in [5.74, 6) is 0. The zero-order valence-corrected chi connectivity index (χ0v) is 13.2. The molecule has 120 valence electrons. The van der Waals surface area contributed by atoms with Crippen LogP contribution in [0, 0.1) is 0 Å². The van der Waals surface area contributed by atoms with Gasteiger partial charge < -0.3 is 0 Å². The number of aromatic nitrogens is 2. The molecule has 0 unspecified atom stereocenters. The van der Waals surface area contributed by atoms with E-state index in [9.17, 15) is 18.0 Å². The predicted octanol–water partition coefficient (Wildman–Crippen LogP) is 4.26. The van der Waals surface area contributed by atoms with Gasteiger partial charge in [0.15, 0.2) is 0 Å². The number of alkyl halides is 3. The molecule has 23 heavy (non-hydrogen) atoms. The van der Waals surface area contributed by atoms with Gasteiger partial charge in [-0.3, -0.25) is 13.7 Å². The van der Waals surface area contributed by atoms with Crippen molar-refractivity contribution in [1.29, 1.82) is 0 Å². The normalized spacial score (nSPS) is 12.7. The van der Waals surface area contributed by atoms with E-state index < -0.39 is 22.8 Å². The predicted molar refractivity (Wildman–Crippen MR) is 83.7 cm³/mol. The first kappa shape index (κ1) is 15.7. The summed E-state index contributed by atoms with van der Waals surface area (Å²) < 4.78 is 41.2. The Kier molecular flexibility index (Phi) is 3.55. The highest BCUT2D eigenvalue weighted by molar-refractivity contribution is 7.14. The molecule has 7 heteroatoms. The smallest absolute Gasteiger partial charge is 0.268 e. The summed E-state index contributed by atoms with van der Waals surface area (Å²) in [6, 6.07) is 9.06. The molecule has 2 aromatic heterocycles. The molecule has 3 aromatic rings. The molecule has 0 aliphatic carbocycles. The maximum atomic E-state index is 13.2. The Morgan fingerprint density at radius 1 is 1.09 bits per heavy atom.